The summed E-state index contributed by atoms with van der Waals surface area (Å²) >= 11 is 0. The Morgan fingerprint density at radius 3 is 2.31 bits per heavy atom. The average molecular weight is 379 g/mol. The van der Waals surface area contributed by atoms with Gasteiger partial charge in [0.1, 0.15) is 5.75 Å². The molecule has 2 aliphatic heterocycles. The van der Waals surface area contributed by atoms with Crippen LogP contribution in [-0.2, 0) is 4.79 Å². The van der Waals surface area contributed by atoms with Crippen LogP contribution in [0.1, 0.15) is 51.9 Å². The summed E-state index contributed by atoms with van der Waals surface area (Å²) in [5.74, 6) is 2.34. The summed E-state index contributed by atoms with van der Waals surface area (Å²) < 4.78 is 5.27. The molecule has 2 saturated heterocycles. The molecule has 144 valence electrons. The number of anilines is 1. The number of hydrogen-bond donors (Lipinski definition) is 1. The van der Waals surface area contributed by atoms with Crippen molar-refractivity contribution in [1.82, 2.24) is 5.32 Å². The van der Waals surface area contributed by atoms with E-state index in [2.05, 4.69) is 17.1 Å². The lowest BCUT2D eigenvalue weighted by atomic mass is 9.89. The van der Waals surface area contributed by atoms with Gasteiger partial charge in [0.2, 0.25) is 5.91 Å². The van der Waals surface area contributed by atoms with Crippen LogP contribution in [0.15, 0.2) is 24.3 Å². The number of benzene rings is 1. The van der Waals surface area contributed by atoms with E-state index in [4.69, 9.17) is 4.74 Å². The molecule has 1 saturated carbocycles. The van der Waals surface area contributed by atoms with Crippen LogP contribution in [0, 0.1) is 11.8 Å². The predicted octanol–water partition coefficient (Wildman–Crippen LogP) is 4.17. The standard InChI is InChI=1S/C21H30N2O2.ClH/c1-14(16-3-4-16)23(19-7-9-20(25-2)10-8-19)21(24)13-15-11-17-5-6-18(12-15)22-17;/h7-10,14-18,22H,3-6,11-13H2,1-2H3;1H. The van der Waals surface area contributed by atoms with E-state index in [9.17, 15) is 4.79 Å². The van der Waals surface area contributed by atoms with Crippen LogP contribution in [0.5, 0.6) is 5.75 Å². The third kappa shape index (κ3) is 4.17. The van der Waals surface area contributed by atoms with Crippen molar-refractivity contribution in [3.63, 3.8) is 0 Å². The van der Waals surface area contributed by atoms with Crippen molar-refractivity contribution in [2.45, 2.75) is 70.0 Å². The number of amides is 1. The summed E-state index contributed by atoms with van der Waals surface area (Å²) in [7, 11) is 1.68. The van der Waals surface area contributed by atoms with Gasteiger partial charge in [0.05, 0.1) is 7.11 Å². The quantitative estimate of drug-likeness (QED) is 0.807. The molecular weight excluding hydrogens is 348 g/mol. The van der Waals surface area contributed by atoms with Crippen LogP contribution in [0.3, 0.4) is 0 Å². The summed E-state index contributed by atoms with van der Waals surface area (Å²) in [6.07, 6.45) is 8.09. The van der Waals surface area contributed by atoms with E-state index in [0.717, 1.165) is 24.3 Å². The fourth-order valence-corrected chi connectivity index (χ4v) is 4.83. The minimum absolute atomic E-state index is 0. The number of nitrogens with zero attached hydrogens (tertiary/aromatic N) is 1. The topological polar surface area (TPSA) is 41.6 Å². The molecule has 2 bridgehead atoms. The van der Waals surface area contributed by atoms with Gasteiger partial charge in [-0.15, -0.1) is 12.4 Å². The number of fused-ring (bicyclic) bond motifs is 2. The Bertz CT molecular complexity index is 605. The Balaban J connectivity index is 0.00000196. The largest absolute Gasteiger partial charge is 0.497 e. The highest BCUT2D eigenvalue weighted by atomic mass is 35.5. The number of carbonyl (C=O) groups excluding carboxylic acids is 1. The molecule has 1 aromatic carbocycles. The van der Waals surface area contributed by atoms with Crippen molar-refractivity contribution < 1.29 is 9.53 Å². The van der Waals surface area contributed by atoms with Gasteiger partial charge in [-0.05, 0) is 81.5 Å². The molecule has 3 unspecified atom stereocenters. The first-order chi connectivity index (χ1) is 12.1. The van der Waals surface area contributed by atoms with Gasteiger partial charge in [-0.25, -0.2) is 0 Å². The molecule has 26 heavy (non-hydrogen) atoms. The molecule has 5 heteroatoms. The van der Waals surface area contributed by atoms with E-state index in [1.54, 1.807) is 7.11 Å². The van der Waals surface area contributed by atoms with Crippen molar-refractivity contribution in [3.05, 3.63) is 24.3 Å². The number of halogens is 1. The smallest absolute Gasteiger partial charge is 0.227 e. The lowest BCUT2D eigenvalue weighted by Gasteiger charge is -2.33. The fourth-order valence-electron chi connectivity index (χ4n) is 4.83. The van der Waals surface area contributed by atoms with Crippen LogP contribution in [0.4, 0.5) is 5.69 Å². The van der Waals surface area contributed by atoms with Gasteiger partial charge in [-0.3, -0.25) is 4.79 Å². The summed E-state index contributed by atoms with van der Waals surface area (Å²) in [5, 5.41) is 3.68. The van der Waals surface area contributed by atoms with Crippen LogP contribution >= 0.6 is 12.4 Å². The Morgan fingerprint density at radius 2 is 1.77 bits per heavy atom. The van der Waals surface area contributed by atoms with Gasteiger partial charge in [0.25, 0.3) is 0 Å². The van der Waals surface area contributed by atoms with Gasteiger partial charge < -0.3 is 15.0 Å². The maximum Gasteiger partial charge on any atom is 0.227 e. The highest BCUT2D eigenvalue weighted by Crippen LogP contribution is 2.39. The number of rotatable bonds is 6. The van der Waals surface area contributed by atoms with E-state index in [0.29, 0.717) is 42.3 Å². The zero-order valence-electron chi connectivity index (χ0n) is 15.8. The molecule has 2 heterocycles. The number of nitrogens with one attached hydrogen (secondary N) is 1. The third-order valence-corrected chi connectivity index (χ3v) is 6.36. The highest BCUT2D eigenvalue weighted by molar-refractivity contribution is 5.94. The Labute approximate surface area is 163 Å². The Kier molecular flexibility index (Phi) is 6.13. The number of ether oxygens (including phenoxy) is 1. The lowest BCUT2D eigenvalue weighted by Crippen LogP contribution is -2.43. The third-order valence-electron chi connectivity index (χ3n) is 6.36. The summed E-state index contributed by atoms with van der Waals surface area (Å²) in [6, 6.07) is 9.56. The maximum atomic E-state index is 13.2. The van der Waals surface area contributed by atoms with Gasteiger partial charge in [-0.2, -0.15) is 0 Å². The normalized spacial score (nSPS) is 28.2. The van der Waals surface area contributed by atoms with Crippen molar-refractivity contribution >= 4 is 24.0 Å². The first-order valence-corrected chi connectivity index (χ1v) is 9.86. The van der Waals surface area contributed by atoms with Crippen molar-refractivity contribution in [2.24, 2.45) is 11.8 Å². The number of methoxy groups -OCH3 is 1. The molecule has 3 fully saturated rings. The first-order valence-electron chi connectivity index (χ1n) is 9.86. The minimum atomic E-state index is 0. The average Bonchev–Trinajstić information content (AvgIpc) is 3.41. The van der Waals surface area contributed by atoms with E-state index >= 15 is 0 Å². The number of piperidine rings is 1. The summed E-state index contributed by atoms with van der Waals surface area (Å²) in [4.78, 5) is 15.3. The number of carbonyl (C=O) groups is 1. The van der Waals surface area contributed by atoms with Crippen LogP contribution in [0.25, 0.3) is 0 Å². The zero-order chi connectivity index (χ0) is 17.4. The lowest BCUT2D eigenvalue weighted by molar-refractivity contribution is -0.120. The van der Waals surface area contributed by atoms with Crippen molar-refractivity contribution in [3.8, 4) is 5.75 Å². The predicted molar refractivity (Wildman–Crippen MR) is 107 cm³/mol. The molecule has 1 aromatic rings. The van der Waals surface area contributed by atoms with Crippen LogP contribution in [0.2, 0.25) is 0 Å². The molecule has 1 N–H and O–H groups in total. The summed E-state index contributed by atoms with van der Waals surface area (Å²) in [5.41, 5.74) is 1.02. The fraction of sp³-hybridized carbons (Fsp3) is 0.667. The molecule has 1 amide bonds. The monoisotopic (exact) mass is 378 g/mol. The van der Waals surface area contributed by atoms with Gasteiger partial charge in [0.15, 0.2) is 0 Å². The summed E-state index contributed by atoms with van der Waals surface area (Å²) in [6.45, 7) is 2.21. The first kappa shape index (κ1) is 19.5. The molecule has 1 aliphatic carbocycles. The SMILES string of the molecule is COc1ccc(N(C(=O)CC2CC3CCC(C2)N3)C(C)C2CC2)cc1.Cl. The number of hydrogen-bond acceptors (Lipinski definition) is 3. The second kappa shape index (κ2) is 8.18. The van der Waals surface area contributed by atoms with Gasteiger partial charge >= 0.3 is 0 Å². The second-order valence-corrected chi connectivity index (χ2v) is 8.22. The highest BCUT2D eigenvalue weighted by Gasteiger charge is 2.38. The molecular formula is C21H31ClN2O2. The minimum Gasteiger partial charge on any atom is -0.497 e. The van der Waals surface area contributed by atoms with E-state index in [1.807, 2.05) is 24.3 Å². The maximum absolute atomic E-state index is 13.2. The Morgan fingerprint density at radius 1 is 1.15 bits per heavy atom. The molecule has 0 radical (unpaired) electrons. The molecule has 4 rings (SSSR count). The van der Waals surface area contributed by atoms with Crippen molar-refractivity contribution in [1.29, 1.82) is 0 Å². The molecule has 4 nitrogen and oxygen atoms in total. The van der Waals surface area contributed by atoms with Crippen molar-refractivity contribution in [2.75, 3.05) is 12.0 Å². The van der Waals surface area contributed by atoms with Crippen LogP contribution in [-0.4, -0.2) is 31.1 Å². The molecule has 0 spiro atoms. The van der Waals surface area contributed by atoms with Crippen LogP contribution < -0.4 is 15.0 Å². The van der Waals surface area contributed by atoms with Gasteiger partial charge in [-0.1, -0.05) is 0 Å². The van der Waals surface area contributed by atoms with E-state index < -0.39 is 0 Å². The Hall–Kier alpha value is -1.26. The van der Waals surface area contributed by atoms with E-state index in [1.165, 1.54) is 25.7 Å². The van der Waals surface area contributed by atoms with Gasteiger partial charge in [0, 0.05) is 30.2 Å². The second-order valence-electron chi connectivity index (χ2n) is 8.22. The van der Waals surface area contributed by atoms with E-state index in [-0.39, 0.29) is 12.4 Å². The molecule has 3 atom stereocenters. The zero-order valence-corrected chi connectivity index (χ0v) is 16.6. The molecule has 3 aliphatic rings. The molecule has 0 aromatic heterocycles.